The average molecular weight is 381 g/mol. The highest BCUT2D eigenvalue weighted by Gasteiger charge is 2.09. The fourth-order valence-corrected chi connectivity index (χ4v) is 2.79. The number of fused-ring (bicyclic) bond motifs is 1. The molecule has 6 nitrogen and oxygen atoms in total. The van der Waals surface area contributed by atoms with Gasteiger partial charge < -0.3 is 10.1 Å². The van der Waals surface area contributed by atoms with Crippen molar-refractivity contribution in [3.8, 4) is 17.0 Å². The van der Waals surface area contributed by atoms with Gasteiger partial charge in [0.05, 0.1) is 5.69 Å². The molecule has 0 radical (unpaired) electrons. The largest absolute Gasteiger partial charge is 0.488 e. The molecule has 0 fully saturated rings. The summed E-state index contributed by atoms with van der Waals surface area (Å²) in [4.78, 5) is 8.72. The third kappa shape index (κ3) is 4.06. The number of ether oxygens (including phenoxy) is 1. The second kappa shape index (κ2) is 7.99. The standard InChI is InChI=1S/C20H17F2N5O/c21-18(22)12-28-16-8-4-5-14(9-16)11-23-19-10-17(15-6-2-1-3-7-15)26-20-24-13-25-27(19)20/h1-10,13,18,23H,11-12H2. The predicted octanol–water partition coefficient (Wildman–Crippen LogP) is 4.05. The zero-order valence-electron chi connectivity index (χ0n) is 14.8. The lowest BCUT2D eigenvalue weighted by atomic mass is 10.1. The summed E-state index contributed by atoms with van der Waals surface area (Å²) in [6.45, 7) is -0.166. The summed E-state index contributed by atoms with van der Waals surface area (Å²) in [6.07, 6.45) is -1.06. The summed E-state index contributed by atoms with van der Waals surface area (Å²) in [6, 6.07) is 18.7. The molecule has 4 rings (SSSR count). The molecule has 0 saturated heterocycles. The molecule has 1 N–H and O–H groups in total. The minimum absolute atomic E-state index is 0.408. The highest BCUT2D eigenvalue weighted by Crippen LogP contribution is 2.22. The number of aromatic nitrogens is 4. The minimum atomic E-state index is -2.50. The fourth-order valence-electron chi connectivity index (χ4n) is 2.79. The van der Waals surface area contributed by atoms with Crippen LogP contribution < -0.4 is 10.1 Å². The Kier molecular flexibility index (Phi) is 5.09. The van der Waals surface area contributed by atoms with Crippen molar-refractivity contribution in [1.29, 1.82) is 0 Å². The van der Waals surface area contributed by atoms with Crippen LogP contribution in [0.15, 0.2) is 67.0 Å². The molecule has 0 amide bonds. The maximum absolute atomic E-state index is 12.3. The Bertz CT molecular complexity index is 1070. The maximum Gasteiger partial charge on any atom is 0.272 e. The molecule has 0 spiro atoms. The molecule has 142 valence electrons. The molecular weight excluding hydrogens is 364 g/mol. The number of rotatable bonds is 7. The number of anilines is 1. The van der Waals surface area contributed by atoms with E-state index in [4.69, 9.17) is 4.74 Å². The number of hydrogen-bond acceptors (Lipinski definition) is 5. The smallest absolute Gasteiger partial charge is 0.272 e. The van der Waals surface area contributed by atoms with Crippen LogP contribution >= 0.6 is 0 Å². The summed E-state index contributed by atoms with van der Waals surface area (Å²) in [7, 11) is 0. The monoisotopic (exact) mass is 381 g/mol. The van der Waals surface area contributed by atoms with Gasteiger partial charge in [-0.3, -0.25) is 0 Å². The van der Waals surface area contributed by atoms with Crippen LogP contribution in [-0.4, -0.2) is 32.6 Å². The fraction of sp³-hybridized carbons (Fsp3) is 0.150. The van der Waals surface area contributed by atoms with Crippen LogP contribution in [0.25, 0.3) is 17.0 Å². The number of nitrogens with zero attached hydrogens (tertiary/aromatic N) is 4. The van der Waals surface area contributed by atoms with Gasteiger partial charge in [0.1, 0.15) is 24.5 Å². The van der Waals surface area contributed by atoms with Crippen LogP contribution in [0.4, 0.5) is 14.6 Å². The average Bonchev–Trinajstić information content (AvgIpc) is 3.20. The topological polar surface area (TPSA) is 64.3 Å². The van der Waals surface area contributed by atoms with Crippen molar-refractivity contribution in [2.45, 2.75) is 13.0 Å². The highest BCUT2D eigenvalue weighted by atomic mass is 19.3. The molecule has 0 unspecified atom stereocenters. The summed E-state index contributed by atoms with van der Waals surface area (Å²) in [5.41, 5.74) is 2.63. The van der Waals surface area contributed by atoms with Gasteiger partial charge in [0.15, 0.2) is 0 Å². The van der Waals surface area contributed by atoms with E-state index in [2.05, 4.69) is 20.4 Å². The van der Waals surface area contributed by atoms with E-state index in [1.54, 1.807) is 22.7 Å². The van der Waals surface area contributed by atoms with E-state index in [0.29, 0.717) is 18.1 Å². The Labute approximate surface area is 159 Å². The summed E-state index contributed by atoms with van der Waals surface area (Å²) in [5.74, 6) is 1.61. The van der Waals surface area contributed by atoms with Crippen LogP contribution in [0.3, 0.4) is 0 Å². The van der Waals surface area contributed by atoms with Crippen LogP contribution in [0.2, 0.25) is 0 Å². The maximum atomic E-state index is 12.3. The lowest BCUT2D eigenvalue weighted by molar-refractivity contribution is 0.0818. The summed E-state index contributed by atoms with van der Waals surface area (Å²) >= 11 is 0. The second-order valence-corrected chi connectivity index (χ2v) is 6.07. The number of nitrogens with one attached hydrogen (secondary N) is 1. The third-order valence-corrected chi connectivity index (χ3v) is 4.07. The number of benzene rings is 2. The molecule has 2 heterocycles. The first-order chi connectivity index (χ1) is 13.7. The van der Waals surface area contributed by atoms with Gasteiger partial charge in [-0.25, -0.2) is 13.8 Å². The molecule has 2 aromatic carbocycles. The Hall–Kier alpha value is -3.55. The molecular formula is C20H17F2N5O. The lowest BCUT2D eigenvalue weighted by Crippen LogP contribution is -2.08. The Morgan fingerprint density at radius 1 is 1.04 bits per heavy atom. The first-order valence-corrected chi connectivity index (χ1v) is 8.69. The molecule has 2 aromatic heterocycles. The van der Waals surface area contributed by atoms with Crippen molar-refractivity contribution in [3.63, 3.8) is 0 Å². The SMILES string of the molecule is FC(F)COc1cccc(CNc2cc(-c3ccccc3)nc3ncnn23)c1. The van der Waals surface area contributed by atoms with Crippen molar-refractivity contribution in [2.75, 3.05) is 11.9 Å². The van der Waals surface area contributed by atoms with Gasteiger partial charge in [-0.2, -0.15) is 14.6 Å². The van der Waals surface area contributed by atoms with E-state index in [-0.39, 0.29) is 0 Å². The van der Waals surface area contributed by atoms with Crippen molar-refractivity contribution in [2.24, 2.45) is 0 Å². The van der Waals surface area contributed by atoms with Gasteiger partial charge in [0.2, 0.25) is 0 Å². The summed E-state index contributed by atoms with van der Waals surface area (Å²) < 4.78 is 31.3. The Morgan fingerprint density at radius 2 is 1.89 bits per heavy atom. The van der Waals surface area contributed by atoms with Crippen LogP contribution in [0.5, 0.6) is 5.75 Å². The molecule has 8 heteroatoms. The zero-order chi connectivity index (χ0) is 19.3. The van der Waals surface area contributed by atoms with Crippen molar-refractivity contribution in [1.82, 2.24) is 19.6 Å². The molecule has 0 atom stereocenters. The number of hydrogen-bond donors (Lipinski definition) is 1. The number of halogens is 2. The molecule has 4 aromatic rings. The third-order valence-electron chi connectivity index (χ3n) is 4.07. The molecule has 0 saturated carbocycles. The van der Waals surface area contributed by atoms with Gasteiger partial charge in [-0.05, 0) is 17.7 Å². The molecule has 0 aliphatic carbocycles. The van der Waals surface area contributed by atoms with Gasteiger partial charge in [-0.15, -0.1) is 0 Å². The molecule has 0 aliphatic rings. The van der Waals surface area contributed by atoms with Gasteiger partial charge in [0.25, 0.3) is 12.2 Å². The van der Waals surface area contributed by atoms with Crippen LogP contribution in [0.1, 0.15) is 5.56 Å². The minimum Gasteiger partial charge on any atom is -0.488 e. The van der Waals surface area contributed by atoms with Crippen molar-refractivity contribution in [3.05, 3.63) is 72.6 Å². The quantitative estimate of drug-likeness (QED) is 0.523. The lowest BCUT2D eigenvalue weighted by Gasteiger charge is -2.11. The Morgan fingerprint density at radius 3 is 2.71 bits per heavy atom. The highest BCUT2D eigenvalue weighted by molar-refractivity contribution is 5.65. The van der Waals surface area contributed by atoms with E-state index in [1.165, 1.54) is 6.33 Å². The van der Waals surface area contributed by atoms with E-state index in [0.717, 1.165) is 22.6 Å². The van der Waals surface area contributed by atoms with Crippen molar-refractivity contribution < 1.29 is 13.5 Å². The van der Waals surface area contributed by atoms with Gasteiger partial charge in [0, 0.05) is 18.2 Å². The molecule has 0 bridgehead atoms. The van der Waals surface area contributed by atoms with E-state index < -0.39 is 13.0 Å². The predicted molar refractivity (Wildman–Crippen MR) is 101 cm³/mol. The van der Waals surface area contributed by atoms with Gasteiger partial charge >= 0.3 is 0 Å². The van der Waals surface area contributed by atoms with Crippen LogP contribution in [-0.2, 0) is 6.54 Å². The summed E-state index contributed by atoms with van der Waals surface area (Å²) in [5, 5.41) is 7.51. The van der Waals surface area contributed by atoms with Crippen molar-refractivity contribution >= 4 is 11.6 Å². The van der Waals surface area contributed by atoms with E-state index >= 15 is 0 Å². The number of alkyl halides is 2. The second-order valence-electron chi connectivity index (χ2n) is 6.07. The Balaban J connectivity index is 1.56. The first kappa shape index (κ1) is 17.8. The van der Waals surface area contributed by atoms with Gasteiger partial charge in [-0.1, -0.05) is 42.5 Å². The van der Waals surface area contributed by atoms with E-state index in [9.17, 15) is 8.78 Å². The van der Waals surface area contributed by atoms with E-state index in [1.807, 2.05) is 42.5 Å². The normalized spacial score (nSPS) is 11.1. The zero-order valence-corrected chi connectivity index (χ0v) is 14.8. The first-order valence-electron chi connectivity index (χ1n) is 8.69. The molecule has 28 heavy (non-hydrogen) atoms. The molecule has 0 aliphatic heterocycles. The van der Waals surface area contributed by atoms with Crippen LogP contribution in [0, 0.1) is 0 Å².